The summed E-state index contributed by atoms with van der Waals surface area (Å²) >= 11 is 0. The van der Waals surface area contributed by atoms with E-state index >= 15 is 0 Å². The van der Waals surface area contributed by atoms with E-state index in [9.17, 15) is 48.3 Å². The van der Waals surface area contributed by atoms with Crippen molar-refractivity contribution >= 4 is 39.2 Å². The number of ether oxygens (including phenoxy) is 3. The average molecular weight is 1040 g/mol. The Morgan fingerprint density at radius 3 is 2.01 bits per heavy atom. The molecule has 1 aromatic rings. The van der Waals surface area contributed by atoms with Crippen molar-refractivity contribution in [2.45, 2.75) is 199 Å². The zero-order valence-corrected chi connectivity index (χ0v) is 44.0. The molecule has 6 N–H and O–H groups in total. The van der Waals surface area contributed by atoms with Crippen molar-refractivity contribution in [1.82, 2.24) is 9.55 Å². The van der Waals surface area contributed by atoms with E-state index in [1.165, 1.54) is 82.8 Å². The number of esters is 2. The predicted molar refractivity (Wildman–Crippen MR) is 271 cm³/mol. The lowest BCUT2D eigenvalue weighted by Crippen LogP contribution is -2.36. The molecule has 0 spiro atoms. The highest BCUT2D eigenvalue weighted by atomic mass is 31.3. The van der Waals surface area contributed by atoms with Crippen LogP contribution in [0.15, 0.2) is 65.7 Å². The molecule has 19 nitrogen and oxygen atoms in total. The van der Waals surface area contributed by atoms with Crippen molar-refractivity contribution in [1.29, 1.82) is 0 Å². The standard InChI is InChI=1S/C50H83N3O16P2/c1-4-5-6-7-8-9-10-11-15-18-21-24-27-31-41(54)32-29-34-45(55)64-37-42(67-46(56)33-28-25-22-19-16-13-12-14-17-20-23-26-30-40(2)3)38-65-70(60,61)69-71(62,63)66-39-43-47(57)48(58)49(68-43)53-36-35-44(51)52-50(53)59/h8-9,11,15,21,24,27,31,35-36,40,42-43,47-49,57-58H,4-7,10,12-14,16-20,22-23,25-26,28-30,32-34,37-39H2,1-3H3,(H,60,61)(H,62,63)(H2,51,52,59)/b9-8-,15-11-,24-21-,31-27+/t42-,43-,47-,48-,49-/m1/s1. The number of hydrogen-bond acceptors (Lipinski definition) is 16. The number of phosphoric acid groups is 2. The fourth-order valence-electron chi connectivity index (χ4n) is 7.33. The molecule has 1 aliphatic rings. The van der Waals surface area contributed by atoms with Gasteiger partial charge in [0.2, 0.25) is 0 Å². The van der Waals surface area contributed by atoms with Crippen molar-refractivity contribution in [2.75, 3.05) is 25.6 Å². The van der Waals surface area contributed by atoms with E-state index in [1.54, 1.807) is 12.2 Å². The van der Waals surface area contributed by atoms with Crippen LogP contribution in [0.5, 0.6) is 0 Å². The molecule has 21 heteroatoms. The minimum atomic E-state index is -5.47. The molecule has 0 radical (unpaired) electrons. The number of unbranched alkanes of at least 4 members (excludes halogenated alkanes) is 14. The number of hydrogen-bond donors (Lipinski definition) is 5. The molecule has 0 aromatic carbocycles. The molecule has 1 saturated heterocycles. The molecule has 1 fully saturated rings. The molecule has 404 valence electrons. The van der Waals surface area contributed by atoms with Gasteiger partial charge < -0.3 is 39.9 Å². The second-order valence-corrected chi connectivity index (χ2v) is 21.2. The highest BCUT2D eigenvalue weighted by Crippen LogP contribution is 2.60. The summed E-state index contributed by atoms with van der Waals surface area (Å²) in [5.74, 6) is -0.999. The van der Waals surface area contributed by atoms with Crippen molar-refractivity contribution < 1.29 is 71.1 Å². The monoisotopic (exact) mass is 1040 g/mol. The normalized spacial score (nSPS) is 19.5. The summed E-state index contributed by atoms with van der Waals surface area (Å²) in [4.78, 5) is 74.2. The van der Waals surface area contributed by atoms with Crippen molar-refractivity contribution in [3.8, 4) is 0 Å². The fourth-order valence-corrected chi connectivity index (χ4v) is 9.44. The third-order valence-electron chi connectivity index (χ3n) is 11.3. The molecule has 0 saturated carbocycles. The third-order valence-corrected chi connectivity index (χ3v) is 13.9. The topological polar surface area (TPSA) is 283 Å². The number of nitrogen functional groups attached to an aromatic ring is 1. The second-order valence-electron chi connectivity index (χ2n) is 18.2. The van der Waals surface area contributed by atoms with Crippen LogP contribution in [0, 0.1) is 5.92 Å². The maximum absolute atomic E-state index is 12.9. The van der Waals surface area contributed by atoms with E-state index < -0.39 is 83.7 Å². The zero-order chi connectivity index (χ0) is 52.3. The van der Waals surface area contributed by atoms with Gasteiger partial charge in [0.15, 0.2) is 18.1 Å². The number of aliphatic hydroxyl groups is 2. The van der Waals surface area contributed by atoms with Crippen LogP contribution in [-0.4, -0.2) is 91.5 Å². The SMILES string of the molecule is CCCCC/C=C\C/C=C\C/C=C\C=C\C(=O)CCCC(=O)OC[C@H](COP(=O)(O)OP(=O)(O)OC[C@H]1O[C@@H](n2ccc(N)nc2=O)[C@H](O)[C@@H]1O)OC(=O)CCCCCCCCCCCCCCC(C)C. The number of carbonyl (C=O) groups is 3. The first kappa shape index (κ1) is 63.5. The van der Waals surface area contributed by atoms with Gasteiger partial charge in [-0.15, -0.1) is 0 Å². The minimum Gasteiger partial charge on any atom is -0.462 e. The number of nitrogens with zero attached hydrogens (tertiary/aromatic N) is 2. The predicted octanol–water partition coefficient (Wildman–Crippen LogP) is 9.59. The van der Waals surface area contributed by atoms with Crippen LogP contribution >= 0.6 is 15.6 Å². The number of allylic oxidation sites excluding steroid dienone is 8. The van der Waals surface area contributed by atoms with E-state index in [1.807, 2.05) is 12.2 Å². The van der Waals surface area contributed by atoms with Crippen LogP contribution in [0.4, 0.5) is 5.82 Å². The van der Waals surface area contributed by atoms with Crippen molar-refractivity contribution in [3.63, 3.8) is 0 Å². The highest BCUT2D eigenvalue weighted by molar-refractivity contribution is 7.61. The van der Waals surface area contributed by atoms with Crippen LogP contribution < -0.4 is 11.4 Å². The van der Waals surface area contributed by atoms with Gasteiger partial charge in [0.25, 0.3) is 0 Å². The molecule has 0 amide bonds. The van der Waals surface area contributed by atoms with Gasteiger partial charge >= 0.3 is 33.3 Å². The second kappa shape index (κ2) is 37.2. The Kier molecular flexibility index (Phi) is 33.2. The number of carbonyl (C=O) groups excluding carboxylic acids is 3. The highest BCUT2D eigenvalue weighted by Gasteiger charge is 2.46. The molecule has 2 rings (SSSR count). The number of ketones is 1. The third kappa shape index (κ3) is 30.9. The summed E-state index contributed by atoms with van der Waals surface area (Å²) in [5.41, 5.74) is 4.57. The van der Waals surface area contributed by atoms with Gasteiger partial charge in [-0.3, -0.25) is 28.0 Å². The molecule has 71 heavy (non-hydrogen) atoms. The molecular formula is C50H83N3O16P2. The largest absolute Gasteiger partial charge is 0.481 e. The average Bonchev–Trinajstić information content (AvgIpc) is 3.59. The minimum absolute atomic E-state index is 0.000707. The maximum atomic E-state index is 12.9. The van der Waals surface area contributed by atoms with Gasteiger partial charge in [-0.2, -0.15) is 9.29 Å². The fraction of sp³-hybridized carbons (Fsp3) is 0.700. The van der Waals surface area contributed by atoms with E-state index in [-0.39, 0.29) is 37.3 Å². The number of phosphoric ester groups is 2. The van der Waals surface area contributed by atoms with Crippen molar-refractivity contribution in [3.05, 3.63) is 71.4 Å². The summed E-state index contributed by atoms with van der Waals surface area (Å²) < 4.78 is 56.5. The maximum Gasteiger partial charge on any atom is 0.481 e. The number of aliphatic hydroxyl groups excluding tert-OH is 2. The smallest absolute Gasteiger partial charge is 0.462 e. The van der Waals surface area contributed by atoms with Gasteiger partial charge in [-0.1, -0.05) is 153 Å². The van der Waals surface area contributed by atoms with E-state index in [4.69, 9.17) is 29.0 Å². The molecular weight excluding hydrogens is 961 g/mol. The summed E-state index contributed by atoms with van der Waals surface area (Å²) in [7, 11) is -10.9. The Morgan fingerprint density at radius 2 is 1.37 bits per heavy atom. The van der Waals surface area contributed by atoms with Crippen LogP contribution in [0.25, 0.3) is 0 Å². The van der Waals surface area contributed by atoms with Crippen LogP contribution in [0.1, 0.15) is 175 Å². The summed E-state index contributed by atoms with van der Waals surface area (Å²) in [6, 6.07) is 1.24. The number of nitrogens with two attached hydrogens (primary N) is 1. The number of rotatable bonds is 41. The van der Waals surface area contributed by atoms with Gasteiger partial charge in [-0.25, -0.2) is 13.9 Å². The number of aromatic nitrogens is 2. The van der Waals surface area contributed by atoms with E-state index in [2.05, 4.69) is 48.3 Å². The lowest BCUT2D eigenvalue weighted by molar-refractivity contribution is -0.161. The van der Waals surface area contributed by atoms with Gasteiger partial charge in [0.05, 0.1) is 13.2 Å². The Balaban J connectivity index is 1.85. The summed E-state index contributed by atoms with van der Waals surface area (Å²) in [6.07, 6.45) is 29.3. The molecule has 7 atom stereocenters. The molecule has 1 aromatic heterocycles. The first-order valence-electron chi connectivity index (χ1n) is 25.5. The number of anilines is 1. The Morgan fingerprint density at radius 1 is 0.761 bits per heavy atom. The molecule has 1 aliphatic heterocycles. The van der Waals surface area contributed by atoms with E-state index in [0.29, 0.717) is 6.42 Å². The lowest BCUT2D eigenvalue weighted by atomic mass is 10.0. The Hall–Kier alpha value is -3.61. The molecule has 0 bridgehead atoms. The molecule has 2 unspecified atom stereocenters. The molecule has 2 heterocycles. The lowest BCUT2D eigenvalue weighted by Gasteiger charge is -2.21. The van der Waals surface area contributed by atoms with Gasteiger partial charge in [-0.05, 0) is 56.6 Å². The van der Waals surface area contributed by atoms with Crippen LogP contribution in [0.2, 0.25) is 0 Å². The summed E-state index contributed by atoms with van der Waals surface area (Å²) in [6.45, 7) is 4.19. The van der Waals surface area contributed by atoms with Gasteiger partial charge in [0, 0.05) is 25.5 Å². The first-order chi connectivity index (χ1) is 33.9. The first-order valence-corrected chi connectivity index (χ1v) is 28.5. The van der Waals surface area contributed by atoms with Gasteiger partial charge in [0.1, 0.15) is 30.7 Å². The van der Waals surface area contributed by atoms with Crippen molar-refractivity contribution in [2.24, 2.45) is 5.92 Å². The molecule has 0 aliphatic carbocycles. The Labute approximate surface area is 420 Å². The Bertz CT molecular complexity index is 1960. The van der Waals surface area contributed by atoms with Crippen LogP contribution in [0.3, 0.4) is 0 Å². The quantitative estimate of drug-likeness (QED) is 0.0102. The zero-order valence-electron chi connectivity index (χ0n) is 42.2. The van der Waals surface area contributed by atoms with Crippen LogP contribution in [-0.2, 0) is 51.1 Å². The summed E-state index contributed by atoms with van der Waals surface area (Å²) in [5, 5.41) is 20.9. The van der Waals surface area contributed by atoms with E-state index in [0.717, 1.165) is 61.6 Å².